The van der Waals surface area contributed by atoms with Gasteiger partial charge in [-0.15, -0.1) is 0 Å². The van der Waals surface area contributed by atoms with Crippen LogP contribution in [-0.4, -0.2) is 0 Å². The Morgan fingerprint density at radius 3 is 1.98 bits per heavy atom. The van der Waals surface area contributed by atoms with Crippen LogP contribution in [0.15, 0.2) is 136 Å². The van der Waals surface area contributed by atoms with Crippen LogP contribution in [0.5, 0.6) is 0 Å². The van der Waals surface area contributed by atoms with Gasteiger partial charge in [0.1, 0.15) is 22.3 Å². The van der Waals surface area contributed by atoms with Crippen molar-refractivity contribution in [1.82, 2.24) is 0 Å². The van der Waals surface area contributed by atoms with Gasteiger partial charge in [-0.2, -0.15) is 0 Å². The maximum atomic E-state index is 6.77. The van der Waals surface area contributed by atoms with Gasteiger partial charge in [-0.1, -0.05) is 109 Å². The fourth-order valence-corrected chi connectivity index (χ4v) is 7.18. The summed E-state index contributed by atoms with van der Waals surface area (Å²) in [7, 11) is 0. The van der Waals surface area contributed by atoms with Crippen molar-refractivity contribution in [2.45, 2.75) is 13.8 Å². The minimum absolute atomic E-state index is 0.870. The van der Waals surface area contributed by atoms with Crippen molar-refractivity contribution in [2.75, 3.05) is 0 Å². The van der Waals surface area contributed by atoms with Crippen molar-refractivity contribution in [1.29, 1.82) is 0 Å². The second-order valence-corrected chi connectivity index (χ2v) is 11.6. The molecule has 0 bridgehead atoms. The van der Waals surface area contributed by atoms with Crippen LogP contribution in [-0.2, 0) is 0 Å². The molecule has 0 aliphatic heterocycles. The highest BCUT2D eigenvalue weighted by Crippen LogP contribution is 2.46. The van der Waals surface area contributed by atoms with Gasteiger partial charge in [0.25, 0.3) is 0 Å². The summed E-state index contributed by atoms with van der Waals surface area (Å²) in [5.41, 5.74) is 10.8. The van der Waals surface area contributed by atoms with E-state index in [4.69, 9.17) is 8.83 Å². The number of furan rings is 2. The lowest BCUT2D eigenvalue weighted by molar-refractivity contribution is 0.664. The highest BCUT2D eigenvalue weighted by Gasteiger charge is 2.22. The average Bonchev–Trinajstić information content (AvgIpc) is 3.61. The first-order valence-electron chi connectivity index (χ1n) is 15.1. The SMILES string of the molecule is C/C=C\c1c(C)c(-c2cccc3c2oc2cc4c(cc23)oc2ccccc24)c2ccccc2c1-c1ccc2ccccc2c1. The molecule has 0 N–H and O–H groups in total. The number of rotatable bonds is 3. The van der Waals surface area contributed by atoms with E-state index in [2.05, 4.69) is 135 Å². The Kier molecular flexibility index (Phi) is 5.36. The average molecular weight is 565 g/mol. The summed E-state index contributed by atoms with van der Waals surface area (Å²) < 4.78 is 13.0. The van der Waals surface area contributed by atoms with Crippen LogP contribution < -0.4 is 0 Å². The molecule has 2 aromatic heterocycles. The molecular formula is C42H28O2. The van der Waals surface area contributed by atoms with Crippen molar-refractivity contribution < 1.29 is 8.83 Å². The van der Waals surface area contributed by atoms with E-state index >= 15 is 0 Å². The van der Waals surface area contributed by atoms with Crippen LogP contribution in [0.4, 0.5) is 0 Å². The van der Waals surface area contributed by atoms with Crippen molar-refractivity contribution >= 4 is 71.5 Å². The molecule has 0 fully saturated rings. The standard InChI is InChI=1S/C42H28O2/c1-3-11-29-25(2)40(31-15-6-7-16-32(31)41(29)28-21-20-26-12-4-5-13-27(26)22-28)34-18-10-17-33-36-24-38-35(23-39(36)44-42(33)34)30-14-8-9-19-37(30)43-38/h3-24H,1-2H3/b11-3-. The molecule has 9 aromatic rings. The summed E-state index contributed by atoms with van der Waals surface area (Å²) in [4.78, 5) is 0. The van der Waals surface area contributed by atoms with E-state index in [0.29, 0.717) is 0 Å². The zero-order valence-electron chi connectivity index (χ0n) is 24.5. The molecule has 2 heterocycles. The first kappa shape index (κ1) is 24.9. The summed E-state index contributed by atoms with van der Waals surface area (Å²) in [6.07, 6.45) is 4.40. The Bertz CT molecular complexity index is 2630. The second kappa shape index (κ2) is 9.45. The molecule has 0 spiro atoms. The number of hydrogen-bond donors (Lipinski definition) is 0. The molecule has 2 heteroatoms. The minimum Gasteiger partial charge on any atom is -0.456 e. The summed E-state index contributed by atoms with van der Waals surface area (Å²) >= 11 is 0. The Labute approximate surface area is 254 Å². The minimum atomic E-state index is 0.870. The fraction of sp³-hybridized carbons (Fsp3) is 0.0476. The largest absolute Gasteiger partial charge is 0.456 e. The summed E-state index contributed by atoms with van der Waals surface area (Å²) in [5, 5.41) is 9.28. The zero-order chi connectivity index (χ0) is 29.4. The topological polar surface area (TPSA) is 26.3 Å². The van der Waals surface area contributed by atoms with Crippen LogP contribution in [0, 0.1) is 6.92 Å². The summed E-state index contributed by atoms with van der Waals surface area (Å²) in [6.45, 7) is 4.35. The first-order chi connectivity index (χ1) is 21.7. The van der Waals surface area contributed by atoms with Gasteiger partial charge < -0.3 is 8.83 Å². The summed E-state index contributed by atoms with van der Waals surface area (Å²) in [5.74, 6) is 0. The van der Waals surface area contributed by atoms with Crippen LogP contribution in [0.2, 0.25) is 0 Å². The van der Waals surface area contributed by atoms with E-state index in [1.165, 1.54) is 49.4 Å². The second-order valence-electron chi connectivity index (χ2n) is 11.6. The summed E-state index contributed by atoms with van der Waals surface area (Å²) in [6, 6.07) is 43.2. The van der Waals surface area contributed by atoms with E-state index < -0.39 is 0 Å². The van der Waals surface area contributed by atoms with Crippen LogP contribution >= 0.6 is 0 Å². The highest BCUT2D eigenvalue weighted by molar-refractivity contribution is 6.19. The van der Waals surface area contributed by atoms with Crippen molar-refractivity contribution in [2.24, 2.45) is 0 Å². The Morgan fingerprint density at radius 2 is 1.16 bits per heavy atom. The monoisotopic (exact) mass is 564 g/mol. The maximum Gasteiger partial charge on any atom is 0.143 e. The van der Waals surface area contributed by atoms with E-state index in [9.17, 15) is 0 Å². The van der Waals surface area contributed by atoms with E-state index in [-0.39, 0.29) is 0 Å². The van der Waals surface area contributed by atoms with Gasteiger partial charge in [0, 0.05) is 27.1 Å². The molecule has 208 valence electrons. The number of benzene rings is 7. The quantitative estimate of drug-likeness (QED) is 0.213. The zero-order valence-corrected chi connectivity index (χ0v) is 24.5. The van der Waals surface area contributed by atoms with Crippen LogP contribution in [0.1, 0.15) is 18.1 Å². The Morgan fingerprint density at radius 1 is 0.500 bits per heavy atom. The van der Waals surface area contributed by atoms with Crippen molar-refractivity contribution in [3.8, 4) is 22.3 Å². The maximum absolute atomic E-state index is 6.77. The lowest BCUT2D eigenvalue weighted by Gasteiger charge is -2.20. The normalized spacial score (nSPS) is 12.2. The molecule has 0 aliphatic rings. The molecule has 0 saturated heterocycles. The number of allylic oxidation sites excluding steroid dienone is 1. The first-order valence-corrected chi connectivity index (χ1v) is 15.1. The van der Waals surface area contributed by atoms with E-state index in [1.807, 2.05) is 12.1 Å². The molecule has 0 amide bonds. The lowest BCUT2D eigenvalue weighted by Crippen LogP contribution is -1.96. The molecule has 9 rings (SSSR count). The third kappa shape index (κ3) is 3.55. The molecule has 0 saturated carbocycles. The van der Waals surface area contributed by atoms with Gasteiger partial charge in [0.15, 0.2) is 0 Å². The van der Waals surface area contributed by atoms with Gasteiger partial charge in [0.2, 0.25) is 0 Å². The molecule has 7 aromatic carbocycles. The number of fused-ring (bicyclic) bond motifs is 8. The fourth-order valence-electron chi connectivity index (χ4n) is 7.18. The third-order valence-corrected chi connectivity index (χ3v) is 9.15. The Hall–Kier alpha value is -5.60. The van der Waals surface area contributed by atoms with E-state index in [0.717, 1.165) is 49.4 Å². The molecule has 0 unspecified atom stereocenters. The number of para-hydroxylation sites is 2. The van der Waals surface area contributed by atoms with Gasteiger partial charge in [-0.25, -0.2) is 0 Å². The number of hydrogen-bond acceptors (Lipinski definition) is 2. The highest BCUT2D eigenvalue weighted by atomic mass is 16.3. The van der Waals surface area contributed by atoms with Crippen LogP contribution in [0.3, 0.4) is 0 Å². The van der Waals surface area contributed by atoms with Crippen molar-refractivity contribution in [3.63, 3.8) is 0 Å². The predicted molar refractivity (Wildman–Crippen MR) is 186 cm³/mol. The van der Waals surface area contributed by atoms with Crippen molar-refractivity contribution in [3.05, 3.63) is 139 Å². The van der Waals surface area contributed by atoms with Gasteiger partial charge in [0.05, 0.1) is 0 Å². The molecule has 0 radical (unpaired) electrons. The van der Waals surface area contributed by atoms with Gasteiger partial charge in [-0.3, -0.25) is 0 Å². The molecule has 2 nitrogen and oxygen atoms in total. The molecule has 44 heavy (non-hydrogen) atoms. The molecule has 0 aliphatic carbocycles. The third-order valence-electron chi connectivity index (χ3n) is 9.15. The van der Waals surface area contributed by atoms with Crippen LogP contribution in [0.25, 0.3) is 93.8 Å². The molecular weight excluding hydrogens is 536 g/mol. The predicted octanol–water partition coefficient (Wildman–Crippen LogP) is 12.5. The van der Waals surface area contributed by atoms with Gasteiger partial charge in [-0.05, 0) is 87.5 Å². The van der Waals surface area contributed by atoms with E-state index in [1.54, 1.807) is 0 Å². The lowest BCUT2D eigenvalue weighted by atomic mass is 9.83. The smallest absolute Gasteiger partial charge is 0.143 e. The Balaban J connectivity index is 1.35. The molecule has 0 atom stereocenters. The van der Waals surface area contributed by atoms with Gasteiger partial charge >= 0.3 is 0 Å².